The molecule has 1 aliphatic rings. The first-order chi connectivity index (χ1) is 14.3. The average molecular weight is 382 g/mol. The molecule has 1 aliphatic heterocycles. The second-order valence-electron chi connectivity index (χ2n) is 7.86. The molecule has 0 unspecified atom stereocenters. The summed E-state index contributed by atoms with van der Waals surface area (Å²) >= 11 is 0. The number of anilines is 1. The van der Waals surface area contributed by atoms with Crippen molar-refractivity contribution in [1.29, 1.82) is 0 Å². The van der Waals surface area contributed by atoms with Crippen LogP contribution in [0.4, 0.5) is 5.69 Å². The zero-order valence-corrected chi connectivity index (χ0v) is 17.0. The summed E-state index contributed by atoms with van der Waals surface area (Å²) in [5.74, 6) is 0. The molecule has 3 nitrogen and oxygen atoms in total. The lowest BCUT2D eigenvalue weighted by molar-refractivity contribution is 0.251. The number of hydrogen-bond acceptors (Lipinski definition) is 2. The van der Waals surface area contributed by atoms with Crippen LogP contribution in [0.25, 0.3) is 16.6 Å². The molecule has 29 heavy (non-hydrogen) atoms. The monoisotopic (exact) mass is 381 g/mol. The van der Waals surface area contributed by atoms with Crippen molar-refractivity contribution in [1.82, 2.24) is 9.30 Å². The number of aryl methyl sites for hydroxylation is 1. The second-order valence-corrected chi connectivity index (χ2v) is 7.86. The van der Waals surface area contributed by atoms with Crippen molar-refractivity contribution in [3.05, 3.63) is 96.3 Å². The second kappa shape index (κ2) is 7.76. The fraction of sp³-hybridized carbons (Fsp3) is 0.231. The van der Waals surface area contributed by atoms with Gasteiger partial charge in [0.25, 0.3) is 0 Å². The van der Waals surface area contributed by atoms with Gasteiger partial charge >= 0.3 is 0 Å². The standard InChI is InChI=1S/C26H27N3/c1-21-26(22-10-4-2-5-11-22)24(25-14-8-9-15-29(21)25)20-27-16-18-28(19-17-27)23-12-6-3-7-13-23/h2-15H,16-20H2,1H3. The summed E-state index contributed by atoms with van der Waals surface area (Å²) in [6.07, 6.45) is 2.19. The van der Waals surface area contributed by atoms with E-state index in [1.54, 1.807) is 0 Å². The Morgan fingerprint density at radius 2 is 1.38 bits per heavy atom. The molecule has 1 fully saturated rings. The molecule has 5 rings (SSSR count). The lowest BCUT2D eigenvalue weighted by Crippen LogP contribution is -2.46. The van der Waals surface area contributed by atoms with Gasteiger partial charge in [-0.1, -0.05) is 54.6 Å². The number of rotatable bonds is 4. The minimum atomic E-state index is 0.994. The first kappa shape index (κ1) is 18.0. The van der Waals surface area contributed by atoms with Gasteiger partial charge in [0.05, 0.1) is 5.52 Å². The largest absolute Gasteiger partial charge is 0.369 e. The van der Waals surface area contributed by atoms with E-state index in [0.717, 1.165) is 32.7 Å². The van der Waals surface area contributed by atoms with E-state index >= 15 is 0 Å². The SMILES string of the molecule is Cc1c(-c2ccccc2)c(CN2CCN(c3ccccc3)CC2)c2ccccn12. The maximum atomic E-state index is 2.60. The fourth-order valence-corrected chi connectivity index (χ4v) is 4.62. The smallest absolute Gasteiger partial charge is 0.0504 e. The first-order valence-electron chi connectivity index (χ1n) is 10.5. The molecule has 146 valence electrons. The summed E-state index contributed by atoms with van der Waals surface area (Å²) in [5, 5.41) is 0. The van der Waals surface area contributed by atoms with Gasteiger partial charge in [-0.05, 0) is 42.3 Å². The van der Waals surface area contributed by atoms with Crippen LogP contribution in [0.5, 0.6) is 0 Å². The number of piperazine rings is 1. The Bertz CT molecular complexity index is 1090. The van der Waals surface area contributed by atoms with Crippen LogP contribution < -0.4 is 4.90 Å². The van der Waals surface area contributed by atoms with Gasteiger partial charge in [0.1, 0.15) is 0 Å². The van der Waals surface area contributed by atoms with E-state index in [9.17, 15) is 0 Å². The number of para-hydroxylation sites is 1. The van der Waals surface area contributed by atoms with E-state index < -0.39 is 0 Å². The van der Waals surface area contributed by atoms with Gasteiger partial charge in [-0.15, -0.1) is 0 Å². The summed E-state index contributed by atoms with van der Waals surface area (Å²) in [7, 11) is 0. The van der Waals surface area contributed by atoms with Crippen molar-refractivity contribution in [3.63, 3.8) is 0 Å². The average Bonchev–Trinajstić information content (AvgIpc) is 3.07. The molecule has 1 saturated heterocycles. The Balaban J connectivity index is 1.44. The topological polar surface area (TPSA) is 10.9 Å². The van der Waals surface area contributed by atoms with E-state index in [1.807, 2.05) is 0 Å². The number of benzene rings is 2. The zero-order valence-electron chi connectivity index (χ0n) is 17.0. The van der Waals surface area contributed by atoms with Crippen molar-refractivity contribution < 1.29 is 0 Å². The number of aromatic nitrogens is 1. The molecule has 0 aliphatic carbocycles. The summed E-state index contributed by atoms with van der Waals surface area (Å²) in [6.45, 7) is 7.57. The van der Waals surface area contributed by atoms with Gasteiger partial charge < -0.3 is 9.30 Å². The summed E-state index contributed by atoms with van der Waals surface area (Å²) in [6, 6.07) is 28.2. The van der Waals surface area contributed by atoms with E-state index in [-0.39, 0.29) is 0 Å². The van der Waals surface area contributed by atoms with Crippen LogP contribution in [-0.2, 0) is 6.54 Å². The highest BCUT2D eigenvalue weighted by molar-refractivity contribution is 5.79. The third kappa shape index (κ3) is 3.43. The number of nitrogens with zero attached hydrogens (tertiary/aromatic N) is 3. The van der Waals surface area contributed by atoms with E-state index in [0.29, 0.717) is 0 Å². The summed E-state index contributed by atoms with van der Waals surface area (Å²) < 4.78 is 2.35. The Morgan fingerprint density at radius 3 is 2.10 bits per heavy atom. The normalized spacial score (nSPS) is 15.1. The Labute approximate surface area is 172 Å². The number of fused-ring (bicyclic) bond motifs is 1. The molecule has 0 N–H and O–H groups in total. The third-order valence-electron chi connectivity index (χ3n) is 6.13. The Morgan fingerprint density at radius 1 is 0.724 bits per heavy atom. The molecule has 4 aromatic rings. The van der Waals surface area contributed by atoms with E-state index in [2.05, 4.69) is 106 Å². The molecule has 0 spiro atoms. The van der Waals surface area contributed by atoms with E-state index in [1.165, 1.54) is 33.6 Å². The maximum absolute atomic E-state index is 2.60. The van der Waals surface area contributed by atoms with Crippen molar-refractivity contribution >= 4 is 11.2 Å². The minimum absolute atomic E-state index is 0.994. The number of hydrogen-bond donors (Lipinski definition) is 0. The summed E-state index contributed by atoms with van der Waals surface area (Å²) in [4.78, 5) is 5.10. The molecule has 0 radical (unpaired) electrons. The van der Waals surface area contributed by atoms with Crippen LogP contribution in [0.2, 0.25) is 0 Å². The van der Waals surface area contributed by atoms with Crippen molar-refractivity contribution in [2.75, 3.05) is 31.1 Å². The lowest BCUT2D eigenvalue weighted by Gasteiger charge is -2.36. The van der Waals surface area contributed by atoms with Gasteiger partial charge in [-0.25, -0.2) is 0 Å². The van der Waals surface area contributed by atoms with Gasteiger partial charge in [0.15, 0.2) is 0 Å². The van der Waals surface area contributed by atoms with Crippen LogP contribution in [0.1, 0.15) is 11.3 Å². The molecule has 2 aromatic heterocycles. The highest BCUT2D eigenvalue weighted by atomic mass is 15.3. The van der Waals surface area contributed by atoms with Crippen LogP contribution >= 0.6 is 0 Å². The highest BCUT2D eigenvalue weighted by Gasteiger charge is 2.22. The first-order valence-corrected chi connectivity index (χ1v) is 10.5. The zero-order chi connectivity index (χ0) is 19.6. The van der Waals surface area contributed by atoms with Gasteiger partial charge in [0, 0.05) is 55.9 Å². The van der Waals surface area contributed by atoms with Crippen molar-refractivity contribution in [3.8, 4) is 11.1 Å². The van der Waals surface area contributed by atoms with Crippen molar-refractivity contribution in [2.24, 2.45) is 0 Å². The molecule has 0 bridgehead atoms. The molecule has 0 atom stereocenters. The molecule has 2 aromatic carbocycles. The summed E-state index contributed by atoms with van der Waals surface area (Å²) in [5.41, 5.74) is 8.14. The quantitative estimate of drug-likeness (QED) is 0.479. The van der Waals surface area contributed by atoms with Gasteiger partial charge in [-0.2, -0.15) is 0 Å². The molecule has 0 saturated carbocycles. The lowest BCUT2D eigenvalue weighted by atomic mass is 10.0. The molecular formula is C26H27N3. The fourth-order valence-electron chi connectivity index (χ4n) is 4.62. The maximum Gasteiger partial charge on any atom is 0.0504 e. The van der Waals surface area contributed by atoms with Crippen LogP contribution in [-0.4, -0.2) is 35.5 Å². The number of pyridine rings is 1. The van der Waals surface area contributed by atoms with Crippen LogP contribution in [0, 0.1) is 6.92 Å². The molecule has 3 heterocycles. The molecule has 0 amide bonds. The van der Waals surface area contributed by atoms with Gasteiger partial charge in [-0.3, -0.25) is 4.90 Å². The Kier molecular flexibility index (Phi) is 4.82. The molecular weight excluding hydrogens is 354 g/mol. The van der Waals surface area contributed by atoms with Crippen LogP contribution in [0.3, 0.4) is 0 Å². The van der Waals surface area contributed by atoms with Crippen LogP contribution in [0.15, 0.2) is 85.1 Å². The predicted octanol–water partition coefficient (Wildman–Crippen LogP) is 5.24. The van der Waals surface area contributed by atoms with Gasteiger partial charge in [0.2, 0.25) is 0 Å². The molecule has 3 heteroatoms. The third-order valence-corrected chi connectivity index (χ3v) is 6.13. The van der Waals surface area contributed by atoms with E-state index in [4.69, 9.17) is 0 Å². The minimum Gasteiger partial charge on any atom is -0.369 e. The van der Waals surface area contributed by atoms with Crippen molar-refractivity contribution in [2.45, 2.75) is 13.5 Å². The Hall–Kier alpha value is -3.04. The predicted molar refractivity (Wildman–Crippen MR) is 122 cm³/mol. The highest BCUT2D eigenvalue weighted by Crippen LogP contribution is 2.34.